The zero-order valence-corrected chi connectivity index (χ0v) is 18.3. The maximum absolute atomic E-state index is 13.4. The number of benzene rings is 1. The Morgan fingerprint density at radius 3 is 2.53 bits per heavy atom. The normalized spacial score (nSPS) is 16.1. The van der Waals surface area contributed by atoms with Crippen LogP contribution in [-0.2, 0) is 16.1 Å². The smallest absolute Gasteiger partial charge is 0.318 e. The van der Waals surface area contributed by atoms with E-state index in [4.69, 9.17) is 4.74 Å². The Labute approximate surface area is 178 Å². The van der Waals surface area contributed by atoms with Gasteiger partial charge in [-0.3, -0.25) is 4.79 Å². The van der Waals surface area contributed by atoms with E-state index in [-0.39, 0.29) is 30.1 Å². The molecule has 1 N–H and O–H groups in total. The van der Waals surface area contributed by atoms with Crippen molar-refractivity contribution in [2.75, 3.05) is 33.4 Å². The number of rotatable bonds is 6. The zero-order chi connectivity index (χ0) is 21.7. The molecular weight excluding hydrogens is 380 g/mol. The maximum atomic E-state index is 13.4. The molecule has 0 spiro atoms. The van der Waals surface area contributed by atoms with Gasteiger partial charge in [-0.15, -0.1) is 0 Å². The molecule has 0 saturated heterocycles. The number of amides is 3. The van der Waals surface area contributed by atoms with Crippen LogP contribution >= 0.6 is 0 Å². The highest BCUT2D eigenvalue weighted by atomic mass is 16.5. The predicted molar refractivity (Wildman–Crippen MR) is 116 cm³/mol. The summed E-state index contributed by atoms with van der Waals surface area (Å²) in [6.07, 6.45) is 2.05. The van der Waals surface area contributed by atoms with Crippen LogP contribution in [0.4, 0.5) is 4.79 Å². The summed E-state index contributed by atoms with van der Waals surface area (Å²) in [7, 11) is 1.59. The van der Waals surface area contributed by atoms with Crippen LogP contribution in [0.2, 0.25) is 0 Å². The molecule has 3 amide bonds. The van der Waals surface area contributed by atoms with E-state index in [2.05, 4.69) is 22.1 Å². The predicted octanol–water partition coefficient (Wildman–Crippen LogP) is 2.88. The van der Waals surface area contributed by atoms with Gasteiger partial charge >= 0.3 is 6.03 Å². The van der Waals surface area contributed by atoms with Gasteiger partial charge in [0.05, 0.1) is 12.6 Å². The van der Waals surface area contributed by atoms with Crippen molar-refractivity contribution in [3.05, 3.63) is 59.9 Å². The van der Waals surface area contributed by atoms with Crippen LogP contribution in [0.3, 0.4) is 0 Å². The number of nitrogens with zero attached hydrogens (tertiary/aromatic N) is 3. The van der Waals surface area contributed by atoms with Gasteiger partial charge in [-0.1, -0.05) is 30.3 Å². The third-order valence-electron chi connectivity index (χ3n) is 5.13. The molecule has 7 nitrogen and oxygen atoms in total. The second kappa shape index (κ2) is 9.34. The monoisotopic (exact) mass is 412 g/mol. The first-order valence-electron chi connectivity index (χ1n) is 10.4. The Balaban J connectivity index is 1.83. The molecule has 1 unspecified atom stereocenters. The highest BCUT2D eigenvalue weighted by Crippen LogP contribution is 2.32. The Morgan fingerprint density at radius 2 is 1.87 bits per heavy atom. The minimum absolute atomic E-state index is 0.00924. The average Bonchev–Trinajstić information content (AvgIpc) is 3.18. The molecule has 0 aliphatic carbocycles. The fourth-order valence-electron chi connectivity index (χ4n) is 3.75. The molecule has 2 heterocycles. The lowest BCUT2D eigenvalue weighted by molar-refractivity contribution is -0.134. The fourth-order valence-corrected chi connectivity index (χ4v) is 3.75. The summed E-state index contributed by atoms with van der Waals surface area (Å²) < 4.78 is 7.35. The molecule has 0 saturated carbocycles. The van der Waals surface area contributed by atoms with E-state index >= 15 is 0 Å². The third kappa shape index (κ3) is 5.21. The van der Waals surface area contributed by atoms with Crippen LogP contribution in [0.1, 0.15) is 38.1 Å². The average molecular weight is 413 g/mol. The van der Waals surface area contributed by atoms with Crippen LogP contribution in [0.25, 0.3) is 0 Å². The molecule has 1 atom stereocenters. The number of hydrogen-bond acceptors (Lipinski definition) is 3. The molecule has 30 heavy (non-hydrogen) atoms. The molecule has 2 aromatic rings. The number of aromatic nitrogens is 1. The number of ether oxygens (including phenoxy) is 1. The van der Waals surface area contributed by atoms with Crippen LogP contribution in [-0.4, -0.2) is 65.2 Å². The topological polar surface area (TPSA) is 66.8 Å². The molecule has 1 aliphatic rings. The van der Waals surface area contributed by atoms with E-state index in [1.807, 2.05) is 62.1 Å². The second-order valence-electron chi connectivity index (χ2n) is 8.62. The minimum Gasteiger partial charge on any atom is -0.383 e. The third-order valence-corrected chi connectivity index (χ3v) is 5.13. The Morgan fingerprint density at radius 1 is 1.13 bits per heavy atom. The first-order chi connectivity index (χ1) is 14.3. The molecular formula is C23H32N4O3. The number of hydrogen-bond donors (Lipinski definition) is 1. The van der Waals surface area contributed by atoms with Crippen molar-refractivity contribution < 1.29 is 14.3 Å². The Hall–Kier alpha value is -2.80. The molecule has 0 radical (unpaired) electrons. The van der Waals surface area contributed by atoms with Gasteiger partial charge in [0.1, 0.15) is 6.54 Å². The van der Waals surface area contributed by atoms with Crippen LogP contribution in [0.5, 0.6) is 0 Å². The molecule has 0 bridgehead atoms. The van der Waals surface area contributed by atoms with Gasteiger partial charge in [-0.2, -0.15) is 0 Å². The van der Waals surface area contributed by atoms with Gasteiger partial charge in [0.2, 0.25) is 5.91 Å². The molecule has 1 aromatic heterocycles. The highest BCUT2D eigenvalue weighted by molar-refractivity contribution is 5.85. The van der Waals surface area contributed by atoms with E-state index in [1.54, 1.807) is 7.11 Å². The van der Waals surface area contributed by atoms with Gasteiger partial charge < -0.3 is 24.4 Å². The molecule has 7 heteroatoms. The number of carbonyl (C=O) groups excluding carboxylic acids is 2. The second-order valence-corrected chi connectivity index (χ2v) is 8.62. The minimum atomic E-state index is -0.385. The Kier molecular flexibility index (Phi) is 6.82. The van der Waals surface area contributed by atoms with Crippen molar-refractivity contribution >= 4 is 11.9 Å². The van der Waals surface area contributed by atoms with Gasteiger partial charge in [-0.25, -0.2) is 4.79 Å². The van der Waals surface area contributed by atoms with Crippen molar-refractivity contribution in [3.63, 3.8) is 0 Å². The summed E-state index contributed by atoms with van der Waals surface area (Å²) in [5.41, 5.74) is 1.76. The lowest BCUT2D eigenvalue weighted by Crippen LogP contribution is -2.53. The molecule has 3 rings (SSSR count). The molecule has 1 aliphatic heterocycles. The van der Waals surface area contributed by atoms with Crippen LogP contribution in [0.15, 0.2) is 48.7 Å². The lowest BCUT2D eigenvalue weighted by Gasteiger charge is -2.38. The zero-order valence-electron chi connectivity index (χ0n) is 18.3. The van der Waals surface area contributed by atoms with E-state index in [0.29, 0.717) is 19.7 Å². The van der Waals surface area contributed by atoms with E-state index in [1.165, 1.54) is 4.90 Å². The number of methoxy groups -OCH3 is 1. The summed E-state index contributed by atoms with van der Waals surface area (Å²) >= 11 is 0. The van der Waals surface area contributed by atoms with E-state index in [0.717, 1.165) is 17.8 Å². The van der Waals surface area contributed by atoms with Crippen molar-refractivity contribution in [3.8, 4) is 0 Å². The quantitative estimate of drug-likeness (QED) is 0.793. The lowest BCUT2D eigenvalue weighted by atomic mass is 10.00. The van der Waals surface area contributed by atoms with E-state index in [9.17, 15) is 9.59 Å². The Bertz CT molecular complexity index is 857. The largest absolute Gasteiger partial charge is 0.383 e. The summed E-state index contributed by atoms with van der Waals surface area (Å²) in [5.74, 6) is -0.0727. The number of carbonyl (C=O) groups is 2. The van der Waals surface area contributed by atoms with Crippen molar-refractivity contribution in [2.45, 2.75) is 38.9 Å². The highest BCUT2D eigenvalue weighted by Gasteiger charge is 2.33. The first kappa shape index (κ1) is 21.9. The summed E-state index contributed by atoms with van der Waals surface area (Å²) in [6.45, 7) is 7.83. The van der Waals surface area contributed by atoms with Gasteiger partial charge in [0.15, 0.2) is 0 Å². The summed E-state index contributed by atoms with van der Waals surface area (Å²) in [5, 5.41) is 2.95. The molecule has 1 aromatic carbocycles. The first-order valence-corrected chi connectivity index (χ1v) is 10.4. The van der Waals surface area contributed by atoms with Gasteiger partial charge in [-0.05, 0) is 38.5 Å². The maximum Gasteiger partial charge on any atom is 0.318 e. The molecule has 162 valence electrons. The number of urea groups is 1. The standard InChI is InChI=1S/C23H32N4O3/c1-23(2,3)24-22(29)26(15-16-30-4)17-20(28)27-14-13-25-12-8-11-19(25)21(27)18-9-6-5-7-10-18/h5-12,21H,13-17H2,1-4H3,(H,24,29). The summed E-state index contributed by atoms with van der Waals surface area (Å²) in [6, 6.07) is 13.7. The van der Waals surface area contributed by atoms with Crippen molar-refractivity contribution in [1.29, 1.82) is 0 Å². The van der Waals surface area contributed by atoms with Crippen LogP contribution < -0.4 is 5.32 Å². The van der Waals surface area contributed by atoms with Crippen molar-refractivity contribution in [1.82, 2.24) is 19.7 Å². The number of nitrogens with one attached hydrogen (secondary N) is 1. The number of fused-ring (bicyclic) bond motifs is 1. The fraction of sp³-hybridized carbons (Fsp3) is 0.478. The van der Waals surface area contributed by atoms with Gasteiger partial charge in [0, 0.05) is 44.2 Å². The van der Waals surface area contributed by atoms with Crippen LogP contribution in [0, 0.1) is 0 Å². The summed E-state index contributed by atoms with van der Waals surface area (Å²) in [4.78, 5) is 29.6. The van der Waals surface area contributed by atoms with Crippen molar-refractivity contribution in [2.24, 2.45) is 0 Å². The molecule has 0 fully saturated rings. The SMILES string of the molecule is COCCN(CC(=O)N1CCn2cccc2C1c1ccccc1)C(=O)NC(C)(C)C. The van der Waals surface area contributed by atoms with Gasteiger partial charge in [0.25, 0.3) is 0 Å². The van der Waals surface area contributed by atoms with E-state index < -0.39 is 0 Å².